The van der Waals surface area contributed by atoms with E-state index in [1.54, 1.807) is 6.07 Å². The van der Waals surface area contributed by atoms with Crippen molar-refractivity contribution >= 4 is 11.9 Å². The fraction of sp³-hybridized carbons (Fsp3) is 0.143. The molecule has 1 N–H and O–H groups in total. The van der Waals surface area contributed by atoms with Crippen molar-refractivity contribution in [3.05, 3.63) is 89.9 Å². The van der Waals surface area contributed by atoms with Crippen molar-refractivity contribution in [3.8, 4) is 5.75 Å². The molecule has 0 bridgehead atoms. The van der Waals surface area contributed by atoms with Gasteiger partial charge < -0.3 is 19.2 Å². The fourth-order valence-corrected chi connectivity index (χ4v) is 2.35. The molecule has 0 saturated heterocycles. The largest absolute Gasteiger partial charge is 0.489 e. The molecule has 0 saturated carbocycles. The van der Waals surface area contributed by atoms with Crippen LogP contribution in [-0.4, -0.2) is 18.4 Å². The molecule has 2 aromatic carbocycles. The van der Waals surface area contributed by atoms with E-state index in [1.165, 1.54) is 6.26 Å². The standard InChI is InChI=1S/C21H19NO5/c23-19(27-14-16-7-3-1-4-8-16)13-22-21(24)20-17(11-12-25-20)15-26-18-9-5-2-6-10-18/h1-12H,13-15H2,(H,22,24). The monoisotopic (exact) mass is 365 g/mol. The summed E-state index contributed by atoms with van der Waals surface area (Å²) in [5.74, 6) is -0.222. The first-order valence-electron chi connectivity index (χ1n) is 8.44. The van der Waals surface area contributed by atoms with Crippen molar-refractivity contribution in [2.24, 2.45) is 0 Å². The average Bonchev–Trinajstić information content (AvgIpc) is 3.19. The minimum Gasteiger partial charge on any atom is -0.489 e. The Morgan fingerprint density at radius 3 is 2.33 bits per heavy atom. The van der Waals surface area contributed by atoms with Crippen molar-refractivity contribution < 1.29 is 23.5 Å². The Hall–Kier alpha value is -3.54. The molecule has 0 fully saturated rings. The van der Waals surface area contributed by atoms with Gasteiger partial charge in [-0.1, -0.05) is 48.5 Å². The predicted molar refractivity (Wildman–Crippen MR) is 98.1 cm³/mol. The van der Waals surface area contributed by atoms with E-state index in [2.05, 4.69) is 5.32 Å². The summed E-state index contributed by atoms with van der Waals surface area (Å²) in [7, 11) is 0. The number of furan rings is 1. The SMILES string of the molecule is O=C(CNC(=O)c1occc1COc1ccccc1)OCc1ccccc1. The van der Waals surface area contributed by atoms with Crippen LogP contribution in [-0.2, 0) is 22.7 Å². The molecule has 3 aromatic rings. The van der Waals surface area contributed by atoms with E-state index in [0.717, 1.165) is 5.56 Å². The quantitative estimate of drug-likeness (QED) is 0.620. The molecule has 0 spiro atoms. The first kappa shape index (κ1) is 18.3. The zero-order chi connectivity index (χ0) is 18.9. The van der Waals surface area contributed by atoms with Crippen LogP contribution in [0.5, 0.6) is 5.75 Å². The number of esters is 1. The highest BCUT2D eigenvalue weighted by atomic mass is 16.5. The van der Waals surface area contributed by atoms with Crippen LogP contribution in [0, 0.1) is 0 Å². The Kier molecular flexibility index (Phi) is 6.25. The lowest BCUT2D eigenvalue weighted by atomic mass is 10.2. The number of para-hydroxylation sites is 1. The number of nitrogens with one attached hydrogen (secondary N) is 1. The van der Waals surface area contributed by atoms with Gasteiger partial charge >= 0.3 is 5.97 Å². The first-order valence-corrected chi connectivity index (χ1v) is 8.44. The maximum atomic E-state index is 12.2. The van der Waals surface area contributed by atoms with Crippen LogP contribution in [0.4, 0.5) is 0 Å². The second-order valence-corrected chi connectivity index (χ2v) is 5.71. The molecule has 1 amide bonds. The smallest absolute Gasteiger partial charge is 0.325 e. The molecule has 3 rings (SSSR count). The predicted octanol–water partition coefficient (Wildman–Crippen LogP) is 3.33. The molecule has 0 unspecified atom stereocenters. The number of benzene rings is 2. The molecule has 6 nitrogen and oxygen atoms in total. The Morgan fingerprint density at radius 2 is 1.59 bits per heavy atom. The molecule has 1 aromatic heterocycles. The van der Waals surface area contributed by atoms with E-state index in [1.807, 2.05) is 60.7 Å². The maximum Gasteiger partial charge on any atom is 0.325 e. The molecular formula is C21H19NO5. The highest BCUT2D eigenvalue weighted by Gasteiger charge is 2.17. The third-order valence-electron chi connectivity index (χ3n) is 3.73. The Labute approximate surface area is 156 Å². The van der Waals surface area contributed by atoms with Gasteiger partial charge in [-0.2, -0.15) is 0 Å². The van der Waals surface area contributed by atoms with Gasteiger partial charge in [0.1, 0.15) is 25.5 Å². The highest BCUT2D eigenvalue weighted by molar-refractivity contribution is 5.94. The van der Waals surface area contributed by atoms with Gasteiger partial charge in [0, 0.05) is 5.56 Å². The van der Waals surface area contributed by atoms with Gasteiger partial charge in [0.25, 0.3) is 5.91 Å². The maximum absolute atomic E-state index is 12.2. The fourth-order valence-electron chi connectivity index (χ4n) is 2.35. The van der Waals surface area contributed by atoms with Crippen LogP contribution in [0.2, 0.25) is 0 Å². The Bertz CT molecular complexity index is 874. The van der Waals surface area contributed by atoms with Crippen molar-refractivity contribution in [1.29, 1.82) is 0 Å². The summed E-state index contributed by atoms with van der Waals surface area (Å²) in [6.07, 6.45) is 1.41. The number of rotatable bonds is 8. The van der Waals surface area contributed by atoms with Gasteiger partial charge in [-0.25, -0.2) is 0 Å². The summed E-state index contributed by atoms with van der Waals surface area (Å²) in [5.41, 5.74) is 1.47. The van der Waals surface area contributed by atoms with Gasteiger partial charge in [0.05, 0.1) is 6.26 Å². The van der Waals surface area contributed by atoms with Crippen LogP contribution in [0.3, 0.4) is 0 Å². The van der Waals surface area contributed by atoms with E-state index in [-0.39, 0.29) is 25.5 Å². The molecule has 27 heavy (non-hydrogen) atoms. The van der Waals surface area contributed by atoms with E-state index in [0.29, 0.717) is 11.3 Å². The molecule has 0 aliphatic rings. The van der Waals surface area contributed by atoms with E-state index >= 15 is 0 Å². The summed E-state index contributed by atoms with van der Waals surface area (Å²) in [4.78, 5) is 24.0. The van der Waals surface area contributed by atoms with Crippen LogP contribution in [0.25, 0.3) is 0 Å². The Balaban J connectivity index is 1.47. The summed E-state index contributed by atoms with van der Waals surface area (Å²) in [5, 5.41) is 2.50. The Morgan fingerprint density at radius 1 is 0.889 bits per heavy atom. The lowest BCUT2D eigenvalue weighted by Gasteiger charge is -2.08. The molecule has 0 aliphatic carbocycles. The van der Waals surface area contributed by atoms with E-state index < -0.39 is 11.9 Å². The number of carbonyl (C=O) groups is 2. The average molecular weight is 365 g/mol. The van der Waals surface area contributed by atoms with E-state index in [9.17, 15) is 9.59 Å². The van der Waals surface area contributed by atoms with Crippen LogP contribution in [0.15, 0.2) is 77.4 Å². The normalized spacial score (nSPS) is 10.2. The molecule has 6 heteroatoms. The summed E-state index contributed by atoms with van der Waals surface area (Å²) in [6, 6.07) is 20.2. The topological polar surface area (TPSA) is 77.8 Å². The number of carbonyl (C=O) groups excluding carboxylic acids is 2. The molecule has 0 atom stereocenters. The first-order chi connectivity index (χ1) is 13.2. The van der Waals surface area contributed by atoms with Gasteiger partial charge in [0.2, 0.25) is 0 Å². The van der Waals surface area contributed by atoms with Crippen LogP contribution >= 0.6 is 0 Å². The second-order valence-electron chi connectivity index (χ2n) is 5.71. The zero-order valence-electron chi connectivity index (χ0n) is 14.6. The zero-order valence-corrected chi connectivity index (χ0v) is 14.6. The minimum atomic E-state index is -0.527. The number of hydrogen-bond donors (Lipinski definition) is 1. The summed E-state index contributed by atoms with van der Waals surface area (Å²) in [6.45, 7) is 0.0968. The van der Waals surface area contributed by atoms with Crippen molar-refractivity contribution in [3.63, 3.8) is 0 Å². The van der Waals surface area contributed by atoms with E-state index in [4.69, 9.17) is 13.9 Å². The van der Waals surface area contributed by atoms with Crippen molar-refractivity contribution in [2.75, 3.05) is 6.54 Å². The van der Waals surface area contributed by atoms with Crippen molar-refractivity contribution in [2.45, 2.75) is 13.2 Å². The number of hydrogen-bond acceptors (Lipinski definition) is 5. The van der Waals surface area contributed by atoms with Gasteiger partial charge in [0.15, 0.2) is 5.76 Å². The number of amides is 1. The van der Waals surface area contributed by atoms with Gasteiger partial charge in [-0.05, 0) is 23.8 Å². The van der Waals surface area contributed by atoms with Crippen LogP contribution < -0.4 is 10.1 Å². The molecule has 0 aliphatic heterocycles. The molecule has 0 radical (unpaired) electrons. The minimum absolute atomic E-state index is 0.113. The highest BCUT2D eigenvalue weighted by Crippen LogP contribution is 2.15. The molecule has 1 heterocycles. The van der Waals surface area contributed by atoms with Gasteiger partial charge in [-0.15, -0.1) is 0 Å². The lowest BCUT2D eigenvalue weighted by Crippen LogP contribution is -2.31. The third kappa shape index (κ3) is 5.47. The lowest BCUT2D eigenvalue weighted by molar-refractivity contribution is -0.143. The number of ether oxygens (including phenoxy) is 2. The van der Waals surface area contributed by atoms with Gasteiger partial charge in [-0.3, -0.25) is 9.59 Å². The molecular weight excluding hydrogens is 346 g/mol. The third-order valence-corrected chi connectivity index (χ3v) is 3.73. The second kappa shape index (κ2) is 9.24. The van der Waals surface area contributed by atoms with Crippen molar-refractivity contribution in [1.82, 2.24) is 5.32 Å². The van der Waals surface area contributed by atoms with Crippen LogP contribution in [0.1, 0.15) is 21.7 Å². The summed E-state index contributed by atoms with van der Waals surface area (Å²) < 4.78 is 16.0. The molecule has 138 valence electrons. The summed E-state index contributed by atoms with van der Waals surface area (Å²) >= 11 is 0.